The quantitative estimate of drug-likeness (QED) is 0.714. The van der Waals surface area contributed by atoms with E-state index in [-0.39, 0.29) is 0 Å². The highest BCUT2D eigenvalue weighted by atomic mass is 15.5. The van der Waals surface area contributed by atoms with E-state index in [0.717, 1.165) is 17.9 Å². The van der Waals surface area contributed by atoms with Crippen LogP contribution in [0.3, 0.4) is 0 Å². The van der Waals surface area contributed by atoms with Crippen molar-refractivity contribution in [2.75, 3.05) is 11.9 Å². The molecule has 0 aliphatic carbocycles. The molecular formula is C16H25N5. The van der Waals surface area contributed by atoms with Gasteiger partial charge in [0.2, 0.25) is 0 Å². The molecule has 0 saturated heterocycles. The fourth-order valence-corrected chi connectivity index (χ4v) is 2.35. The van der Waals surface area contributed by atoms with Crippen molar-refractivity contribution in [3.63, 3.8) is 0 Å². The second-order valence-corrected chi connectivity index (χ2v) is 5.45. The van der Waals surface area contributed by atoms with E-state index in [4.69, 9.17) is 0 Å². The number of nitrogens with one attached hydrogen (secondary N) is 1. The van der Waals surface area contributed by atoms with Crippen molar-refractivity contribution in [3.05, 3.63) is 30.1 Å². The van der Waals surface area contributed by atoms with Gasteiger partial charge in [-0.2, -0.15) is 0 Å². The van der Waals surface area contributed by atoms with Gasteiger partial charge in [0.1, 0.15) is 6.33 Å². The Morgan fingerprint density at radius 1 is 1.10 bits per heavy atom. The highest BCUT2D eigenvalue weighted by molar-refractivity contribution is 5.56. The Kier molecular flexibility index (Phi) is 6.19. The zero-order valence-corrected chi connectivity index (χ0v) is 13.0. The van der Waals surface area contributed by atoms with Crippen LogP contribution < -0.4 is 5.32 Å². The number of hydrogen-bond donors (Lipinski definition) is 1. The van der Waals surface area contributed by atoms with E-state index in [2.05, 4.69) is 46.8 Å². The number of aryl methyl sites for hydroxylation is 1. The minimum absolute atomic E-state index is 0.982. The number of unbranched alkanes of at least 4 members (excludes halogenated alkanes) is 5. The van der Waals surface area contributed by atoms with Crippen molar-refractivity contribution < 1.29 is 0 Å². The lowest BCUT2D eigenvalue weighted by Crippen LogP contribution is -2.04. The van der Waals surface area contributed by atoms with Crippen LogP contribution >= 0.6 is 0 Å². The van der Waals surface area contributed by atoms with Crippen LogP contribution in [0.4, 0.5) is 5.69 Å². The molecule has 0 unspecified atom stereocenters. The normalized spacial score (nSPS) is 10.8. The maximum atomic E-state index is 3.92. The molecule has 1 heterocycles. The Morgan fingerprint density at radius 3 is 2.67 bits per heavy atom. The molecule has 0 bridgehead atoms. The molecule has 0 saturated carbocycles. The van der Waals surface area contributed by atoms with Crippen LogP contribution in [-0.4, -0.2) is 26.8 Å². The molecular weight excluding hydrogens is 262 g/mol. The highest BCUT2D eigenvalue weighted by Gasteiger charge is 2.03. The van der Waals surface area contributed by atoms with Crippen LogP contribution in [0.15, 0.2) is 24.5 Å². The third-order valence-electron chi connectivity index (χ3n) is 3.68. The molecule has 114 valence electrons. The summed E-state index contributed by atoms with van der Waals surface area (Å²) < 4.78 is 1.68. The monoisotopic (exact) mass is 287 g/mol. The summed E-state index contributed by atoms with van der Waals surface area (Å²) in [5.74, 6) is 0. The molecule has 5 nitrogen and oxygen atoms in total. The predicted molar refractivity (Wildman–Crippen MR) is 85.8 cm³/mol. The van der Waals surface area contributed by atoms with Gasteiger partial charge in [0.15, 0.2) is 0 Å². The molecule has 1 N–H and O–H groups in total. The average Bonchev–Trinajstić information content (AvgIpc) is 3.02. The zero-order valence-electron chi connectivity index (χ0n) is 13.0. The summed E-state index contributed by atoms with van der Waals surface area (Å²) in [4.78, 5) is 0. The van der Waals surface area contributed by atoms with Crippen molar-refractivity contribution in [1.29, 1.82) is 0 Å². The lowest BCUT2D eigenvalue weighted by molar-refractivity contribution is 0.617. The maximum absolute atomic E-state index is 3.92. The fraction of sp³-hybridized carbons (Fsp3) is 0.562. The number of tetrazole rings is 1. The van der Waals surface area contributed by atoms with Gasteiger partial charge in [-0.15, -0.1) is 5.10 Å². The molecule has 0 amide bonds. The molecule has 0 radical (unpaired) electrons. The van der Waals surface area contributed by atoms with Gasteiger partial charge in [0.25, 0.3) is 0 Å². The second-order valence-electron chi connectivity index (χ2n) is 5.45. The molecule has 2 aromatic rings. The van der Waals surface area contributed by atoms with Crippen LogP contribution in [0, 0.1) is 6.92 Å². The Hall–Kier alpha value is -1.91. The first-order valence-corrected chi connectivity index (χ1v) is 7.89. The Labute approximate surface area is 126 Å². The minimum atomic E-state index is 0.982. The topological polar surface area (TPSA) is 55.6 Å². The first kappa shape index (κ1) is 15.5. The van der Waals surface area contributed by atoms with Gasteiger partial charge in [-0.3, -0.25) is 0 Å². The molecule has 0 atom stereocenters. The van der Waals surface area contributed by atoms with E-state index in [9.17, 15) is 0 Å². The fourth-order valence-electron chi connectivity index (χ4n) is 2.35. The number of benzene rings is 1. The molecule has 0 fully saturated rings. The summed E-state index contributed by atoms with van der Waals surface area (Å²) >= 11 is 0. The van der Waals surface area contributed by atoms with Gasteiger partial charge in [0.05, 0.1) is 5.69 Å². The number of hydrogen-bond acceptors (Lipinski definition) is 4. The number of nitrogens with zero attached hydrogens (tertiary/aromatic N) is 4. The third kappa shape index (κ3) is 4.85. The van der Waals surface area contributed by atoms with Crippen LogP contribution in [0.1, 0.15) is 51.0 Å². The maximum Gasteiger partial charge on any atom is 0.143 e. The van der Waals surface area contributed by atoms with Crippen LogP contribution in [0.5, 0.6) is 0 Å². The van der Waals surface area contributed by atoms with Crippen LogP contribution in [0.25, 0.3) is 5.69 Å². The molecule has 1 aromatic heterocycles. The summed E-state index contributed by atoms with van der Waals surface area (Å²) in [5.41, 5.74) is 3.39. The Morgan fingerprint density at radius 2 is 1.90 bits per heavy atom. The first-order chi connectivity index (χ1) is 10.3. The van der Waals surface area contributed by atoms with Gasteiger partial charge in [0, 0.05) is 12.2 Å². The summed E-state index contributed by atoms with van der Waals surface area (Å²) in [6.07, 6.45) is 9.52. The Balaban J connectivity index is 1.81. The number of rotatable bonds is 9. The van der Waals surface area contributed by atoms with E-state index >= 15 is 0 Å². The smallest absolute Gasteiger partial charge is 0.143 e. The van der Waals surface area contributed by atoms with Crippen molar-refractivity contribution in [2.24, 2.45) is 0 Å². The SMILES string of the molecule is CCCCCCCCNc1cc(-n2cnnn2)ccc1C. The van der Waals surface area contributed by atoms with E-state index in [1.807, 2.05) is 6.07 Å². The molecule has 0 spiro atoms. The molecule has 1 aromatic carbocycles. The standard InChI is InChI=1S/C16H25N5/c1-3-4-5-6-7-8-11-17-16-12-15(10-9-14(16)2)21-13-18-19-20-21/h9-10,12-13,17H,3-8,11H2,1-2H3. The minimum Gasteiger partial charge on any atom is -0.385 e. The van der Waals surface area contributed by atoms with Crippen molar-refractivity contribution in [1.82, 2.24) is 20.2 Å². The zero-order chi connectivity index (χ0) is 14.9. The van der Waals surface area contributed by atoms with Gasteiger partial charge >= 0.3 is 0 Å². The molecule has 0 aliphatic heterocycles. The van der Waals surface area contributed by atoms with E-state index in [1.165, 1.54) is 44.1 Å². The molecule has 5 heteroatoms. The van der Waals surface area contributed by atoms with Crippen molar-refractivity contribution in [3.8, 4) is 5.69 Å². The predicted octanol–water partition coefficient (Wildman–Crippen LogP) is 3.74. The third-order valence-corrected chi connectivity index (χ3v) is 3.68. The lowest BCUT2D eigenvalue weighted by Gasteiger charge is -2.11. The van der Waals surface area contributed by atoms with E-state index in [0.29, 0.717) is 0 Å². The lowest BCUT2D eigenvalue weighted by atomic mass is 10.1. The van der Waals surface area contributed by atoms with Crippen molar-refractivity contribution in [2.45, 2.75) is 52.4 Å². The molecule has 21 heavy (non-hydrogen) atoms. The second kappa shape index (κ2) is 8.39. The number of aromatic nitrogens is 4. The molecule has 2 rings (SSSR count). The van der Waals surface area contributed by atoms with Crippen molar-refractivity contribution >= 4 is 5.69 Å². The van der Waals surface area contributed by atoms with Gasteiger partial charge in [-0.25, -0.2) is 4.68 Å². The van der Waals surface area contributed by atoms with Crippen LogP contribution in [0.2, 0.25) is 0 Å². The number of anilines is 1. The van der Waals surface area contributed by atoms with Gasteiger partial charge < -0.3 is 5.32 Å². The summed E-state index contributed by atoms with van der Waals surface area (Å²) in [6, 6.07) is 6.23. The van der Waals surface area contributed by atoms with Gasteiger partial charge in [-0.1, -0.05) is 45.1 Å². The van der Waals surface area contributed by atoms with Crippen LogP contribution in [-0.2, 0) is 0 Å². The van der Waals surface area contributed by atoms with E-state index < -0.39 is 0 Å². The largest absolute Gasteiger partial charge is 0.385 e. The van der Waals surface area contributed by atoms with E-state index in [1.54, 1.807) is 11.0 Å². The Bertz CT molecular complexity index is 521. The summed E-state index contributed by atoms with van der Waals surface area (Å²) in [7, 11) is 0. The molecule has 0 aliphatic rings. The highest BCUT2D eigenvalue weighted by Crippen LogP contribution is 2.19. The first-order valence-electron chi connectivity index (χ1n) is 7.89. The van der Waals surface area contributed by atoms with Gasteiger partial charge in [-0.05, 0) is 41.5 Å². The average molecular weight is 287 g/mol. The summed E-state index contributed by atoms with van der Waals surface area (Å²) in [6.45, 7) is 5.39. The summed E-state index contributed by atoms with van der Waals surface area (Å²) in [5, 5.41) is 14.8.